The first-order valence-electron chi connectivity index (χ1n) is 5.64. The van der Waals surface area contributed by atoms with Gasteiger partial charge in [-0.05, 0) is 17.7 Å². The molecule has 2 rings (SSSR count). The van der Waals surface area contributed by atoms with E-state index in [1.165, 1.54) is 0 Å². The zero-order chi connectivity index (χ0) is 13.8. The molecule has 4 nitrogen and oxygen atoms in total. The summed E-state index contributed by atoms with van der Waals surface area (Å²) in [6.45, 7) is 0.702. The first-order valence-corrected chi connectivity index (χ1v) is 6.84. The molecule has 1 aromatic carbocycles. The highest BCUT2D eigenvalue weighted by Crippen LogP contribution is 2.18. The zero-order valence-electron chi connectivity index (χ0n) is 10.4. The van der Waals surface area contributed by atoms with Gasteiger partial charge >= 0.3 is 0 Å². The van der Waals surface area contributed by atoms with Crippen LogP contribution in [-0.4, -0.2) is 22.0 Å². The topological polar surface area (TPSA) is 55.0 Å². The van der Waals surface area contributed by atoms with Gasteiger partial charge < -0.3 is 10.6 Å². The van der Waals surface area contributed by atoms with E-state index >= 15 is 0 Å². The van der Waals surface area contributed by atoms with Crippen molar-refractivity contribution in [1.82, 2.24) is 9.97 Å². The molecule has 0 bridgehead atoms. The Kier molecular flexibility index (Phi) is 4.44. The van der Waals surface area contributed by atoms with Crippen LogP contribution in [0.2, 0.25) is 0 Å². The molecule has 0 spiro atoms. The lowest BCUT2D eigenvalue weighted by Gasteiger charge is -2.20. The molecule has 0 saturated carbocycles. The van der Waals surface area contributed by atoms with Gasteiger partial charge in [0.05, 0.1) is 0 Å². The lowest BCUT2D eigenvalue weighted by molar-refractivity contribution is 0.886. The van der Waals surface area contributed by atoms with Crippen LogP contribution in [0.25, 0.3) is 0 Å². The molecule has 0 radical (unpaired) electrons. The summed E-state index contributed by atoms with van der Waals surface area (Å²) in [6, 6.07) is 8.11. The molecule has 1 aromatic heterocycles. The molecule has 0 atom stereocenters. The van der Waals surface area contributed by atoms with Crippen LogP contribution >= 0.6 is 28.1 Å². The number of aromatic nitrogens is 2. The van der Waals surface area contributed by atoms with E-state index in [1.54, 1.807) is 12.4 Å². The number of halogens is 1. The molecule has 2 aromatic rings. The number of nitrogens with two attached hydrogens (primary N) is 1. The zero-order valence-corrected chi connectivity index (χ0v) is 12.8. The second-order valence-electron chi connectivity index (χ2n) is 4.08. The van der Waals surface area contributed by atoms with Crippen molar-refractivity contribution in [2.24, 2.45) is 5.73 Å². The van der Waals surface area contributed by atoms with E-state index < -0.39 is 0 Å². The van der Waals surface area contributed by atoms with Crippen LogP contribution in [0.5, 0.6) is 0 Å². The SMILES string of the molecule is CN(Cc1cccc(Br)c1)c1nccnc1C(N)=S. The smallest absolute Gasteiger partial charge is 0.157 e. The first kappa shape index (κ1) is 13.9. The minimum Gasteiger partial charge on any atom is -0.388 e. The lowest BCUT2D eigenvalue weighted by atomic mass is 10.2. The van der Waals surface area contributed by atoms with Crippen LogP contribution in [-0.2, 0) is 6.54 Å². The number of benzene rings is 1. The van der Waals surface area contributed by atoms with Crippen molar-refractivity contribution in [3.8, 4) is 0 Å². The summed E-state index contributed by atoms with van der Waals surface area (Å²) in [7, 11) is 1.94. The van der Waals surface area contributed by atoms with Crippen LogP contribution in [0.1, 0.15) is 11.3 Å². The second-order valence-corrected chi connectivity index (χ2v) is 5.43. The van der Waals surface area contributed by atoms with E-state index in [9.17, 15) is 0 Å². The predicted molar refractivity (Wildman–Crippen MR) is 84.2 cm³/mol. The Morgan fingerprint density at radius 1 is 1.37 bits per heavy atom. The monoisotopic (exact) mass is 336 g/mol. The van der Waals surface area contributed by atoms with E-state index in [-0.39, 0.29) is 4.99 Å². The van der Waals surface area contributed by atoms with Crippen molar-refractivity contribution in [1.29, 1.82) is 0 Å². The summed E-state index contributed by atoms with van der Waals surface area (Å²) < 4.78 is 1.05. The minimum atomic E-state index is 0.254. The van der Waals surface area contributed by atoms with E-state index in [0.29, 0.717) is 18.1 Å². The third kappa shape index (κ3) is 3.48. The molecule has 2 N–H and O–H groups in total. The molecule has 0 saturated heterocycles. The fourth-order valence-corrected chi connectivity index (χ4v) is 2.36. The molecule has 0 fully saturated rings. The van der Waals surface area contributed by atoms with Crippen LogP contribution in [0.3, 0.4) is 0 Å². The molecule has 0 aliphatic carbocycles. The number of anilines is 1. The van der Waals surface area contributed by atoms with Crippen LogP contribution in [0, 0.1) is 0 Å². The summed E-state index contributed by atoms with van der Waals surface area (Å²) >= 11 is 8.45. The fraction of sp³-hybridized carbons (Fsp3) is 0.154. The van der Waals surface area contributed by atoms with Crippen molar-refractivity contribution < 1.29 is 0 Å². The van der Waals surface area contributed by atoms with Crippen LogP contribution in [0.4, 0.5) is 5.82 Å². The Labute approximate surface area is 125 Å². The summed E-state index contributed by atoms with van der Waals surface area (Å²) in [5.74, 6) is 0.690. The molecule has 6 heteroatoms. The van der Waals surface area contributed by atoms with Crippen molar-refractivity contribution in [2.75, 3.05) is 11.9 Å². The van der Waals surface area contributed by atoms with Gasteiger partial charge in [-0.1, -0.05) is 40.3 Å². The molecular formula is C13H13BrN4S. The van der Waals surface area contributed by atoms with E-state index in [0.717, 1.165) is 10.0 Å². The van der Waals surface area contributed by atoms with Crippen molar-refractivity contribution in [3.05, 3.63) is 52.4 Å². The van der Waals surface area contributed by atoms with Crippen LogP contribution < -0.4 is 10.6 Å². The predicted octanol–water partition coefficient (Wildman–Crippen LogP) is 2.51. The van der Waals surface area contributed by atoms with Crippen molar-refractivity contribution in [3.63, 3.8) is 0 Å². The maximum absolute atomic E-state index is 5.66. The van der Waals surface area contributed by atoms with Gasteiger partial charge in [0, 0.05) is 30.5 Å². The summed E-state index contributed by atoms with van der Waals surface area (Å²) in [5.41, 5.74) is 7.38. The van der Waals surface area contributed by atoms with E-state index in [4.69, 9.17) is 18.0 Å². The van der Waals surface area contributed by atoms with Gasteiger partial charge in [-0.2, -0.15) is 0 Å². The summed E-state index contributed by atoms with van der Waals surface area (Å²) in [5, 5.41) is 0. The Hall–Kier alpha value is -1.53. The van der Waals surface area contributed by atoms with Gasteiger partial charge in [-0.3, -0.25) is 0 Å². The van der Waals surface area contributed by atoms with Gasteiger partial charge in [0.25, 0.3) is 0 Å². The van der Waals surface area contributed by atoms with E-state index in [2.05, 4.69) is 38.0 Å². The molecule has 98 valence electrons. The highest BCUT2D eigenvalue weighted by Gasteiger charge is 2.12. The van der Waals surface area contributed by atoms with Crippen LogP contribution in [0.15, 0.2) is 41.1 Å². The lowest BCUT2D eigenvalue weighted by Crippen LogP contribution is -2.23. The number of hydrogen-bond acceptors (Lipinski definition) is 4. The Bertz CT molecular complexity index is 603. The Balaban J connectivity index is 2.25. The quantitative estimate of drug-likeness (QED) is 0.869. The molecule has 0 aliphatic rings. The average molecular weight is 337 g/mol. The largest absolute Gasteiger partial charge is 0.388 e. The van der Waals surface area contributed by atoms with Gasteiger partial charge in [-0.15, -0.1) is 0 Å². The number of nitrogens with zero attached hydrogens (tertiary/aromatic N) is 3. The molecule has 0 aliphatic heterocycles. The standard InChI is InChI=1S/C13H13BrN4S/c1-18(8-9-3-2-4-10(14)7-9)13-11(12(15)19)16-5-6-17-13/h2-7H,8H2,1H3,(H2,15,19). The Morgan fingerprint density at radius 2 is 2.11 bits per heavy atom. The summed E-state index contributed by atoms with van der Waals surface area (Å²) in [4.78, 5) is 10.7. The third-order valence-electron chi connectivity index (χ3n) is 2.58. The fourth-order valence-electron chi connectivity index (χ4n) is 1.77. The molecule has 1 heterocycles. The maximum Gasteiger partial charge on any atom is 0.157 e. The molecule has 19 heavy (non-hydrogen) atoms. The minimum absolute atomic E-state index is 0.254. The molecular weight excluding hydrogens is 324 g/mol. The van der Waals surface area contributed by atoms with Crippen molar-refractivity contribution >= 4 is 39.0 Å². The number of hydrogen-bond donors (Lipinski definition) is 1. The van der Waals surface area contributed by atoms with Gasteiger partial charge in [-0.25, -0.2) is 9.97 Å². The average Bonchev–Trinajstić information content (AvgIpc) is 2.38. The van der Waals surface area contributed by atoms with Gasteiger partial charge in [0.15, 0.2) is 5.82 Å². The molecule has 0 unspecified atom stereocenters. The normalized spacial score (nSPS) is 10.2. The third-order valence-corrected chi connectivity index (χ3v) is 3.27. The van der Waals surface area contributed by atoms with E-state index in [1.807, 2.05) is 24.1 Å². The number of thiocarbonyl (C=S) groups is 1. The Morgan fingerprint density at radius 3 is 2.79 bits per heavy atom. The number of rotatable bonds is 4. The van der Waals surface area contributed by atoms with Gasteiger partial charge in [0.1, 0.15) is 10.7 Å². The second kappa shape index (κ2) is 6.08. The summed E-state index contributed by atoms with van der Waals surface area (Å²) in [6.07, 6.45) is 3.22. The molecule has 0 amide bonds. The first-order chi connectivity index (χ1) is 9.08. The highest BCUT2D eigenvalue weighted by atomic mass is 79.9. The maximum atomic E-state index is 5.66. The van der Waals surface area contributed by atoms with Gasteiger partial charge in [0.2, 0.25) is 0 Å². The van der Waals surface area contributed by atoms with Crippen molar-refractivity contribution in [2.45, 2.75) is 6.54 Å². The highest BCUT2D eigenvalue weighted by molar-refractivity contribution is 9.10.